The maximum Gasteiger partial charge on any atom is 0.247 e. The van der Waals surface area contributed by atoms with E-state index in [0.717, 1.165) is 55.8 Å². The first kappa shape index (κ1) is 20.0. The number of piperidine rings is 1. The number of carbonyl (C=O) groups excluding carboxylic acids is 1. The third-order valence-corrected chi connectivity index (χ3v) is 8.56. The van der Waals surface area contributed by atoms with Crippen LogP contribution in [0.15, 0.2) is 60.2 Å². The Kier molecular flexibility index (Phi) is 4.69. The van der Waals surface area contributed by atoms with E-state index in [1.807, 2.05) is 30.3 Å². The maximum atomic E-state index is 13.2. The van der Waals surface area contributed by atoms with Crippen molar-refractivity contribution in [2.45, 2.75) is 50.5 Å². The number of hydrogen-bond acceptors (Lipinski definition) is 3. The molecule has 2 aromatic carbocycles. The number of allylic oxidation sites excluding steroid dienone is 1. The van der Waals surface area contributed by atoms with Gasteiger partial charge in [0, 0.05) is 36.0 Å². The molecule has 2 aromatic rings. The molecule has 2 fully saturated rings. The lowest BCUT2D eigenvalue weighted by Gasteiger charge is -2.55. The summed E-state index contributed by atoms with van der Waals surface area (Å²) >= 11 is 0. The van der Waals surface area contributed by atoms with Gasteiger partial charge in [-0.3, -0.25) is 4.79 Å². The number of nitrogens with one attached hydrogen (secondary N) is 1. The molecular formula is C28H32N2O2. The Balaban J connectivity index is 1.29. The summed E-state index contributed by atoms with van der Waals surface area (Å²) in [5.74, 6) is 1.32. The van der Waals surface area contributed by atoms with E-state index in [1.54, 1.807) is 0 Å². The predicted molar refractivity (Wildman–Crippen MR) is 125 cm³/mol. The van der Waals surface area contributed by atoms with Crippen LogP contribution in [-0.4, -0.2) is 35.5 Å². The van der Waals surface area contributed by atoms with Crippen molar-refractivity contribution >= 4 is 5.91 Å². The normalized spacial score (nSPS) is 28.9. The van der Waals surface area contributed by atoms with E-state index in [1.165, 1.54) is 30.5 Å². The van der Waals surface area contributed by atoms with Gasteiger partial charge >= 0.3 is 0 Å². The van der Waals surface area contributed by atoms with Crippen molar-refractivity contribution in [3.8, 4) is 5.75 Å². The standard InChI is InChI=1S/C28H32N2O2/c31-24-9-8-22-15-27-16-23(26(32)29-17-20-4-2-1-3-5-20)10-11-28(27,25(22)14-24)12-13-30(19-27)18-21-6-7-21/h1-5,8-10,14,21,31H,6-7,11-13,15-19H2,(H,29,32). The van der Waals surface area contributed by atoms with Crippen LogP contribution in [-0.2, 0) is 23.2 Å². The Morgan fingerprint density at radius 1 is 1.12 bits per heavy atom. The molecule has 4 heteroatoms. The van der Waals surface area contributed by atoms with E-state index in [2.05, 4.69) is 34.5 Å². The average molecular weight is 429 g/mol. The number of amides is 1. The van der Waals surface area contributed by atoms with E-state index >= 15 is 0 Å². The minimum Gasteiger partial charge on any atom is -0.508 e. The summed E-state index contributed by atoms with van der Waals surface area (Å²) < 4.78 is 0. The van der Waals surface area contributed by atoms with Crippen molar-refractivity contribution in [2.75, 3.05) is 19.6 Å². The number of hydrogen-bond donors (Lipinski definition) is 2. The highest BCUT2D eigenvalue weighted by Gasteiger charge is 2.61. The lowest BCUT2D eigenvalue weighted by molar-refractivity contribution is -0.118. The molecule has 4 nitrogen and oxygen atoms in total. The van der Waals surface area contributed by atoms with Gasteiger partial charge in [-0.1, -0.05) is 42.5 Å². The van der Waals surface area contributed by atoms with E-state index in [4.69, 9.17) is 0 Å². The zero-order valence-electron chi connectivity index (χ0n) is 18.6. The Morgan fingerprint density at radius 3 is 2.78 bits per heavy atom. The van der Waals surface area contributed by atoms with Crippen molar-refractivity contribution < 1.29 is 9.90 Å². The summed E-state index contributed by atoms with van der Waals surface area (Å²) in [4.78, 5) is 15.9. The van der Waals surface area contributed by atoms with E-state index in [0.29, 0.717) is 12.3 Å². The summed E-state index contributed by atoms with van der Waals surface area (Å²) in [6.07, 6.45) is 8.79. The lowest BCUT2D eigenvalue weighted by atomic mass is 9.53. The van der Waals surface area contributed by atoms with Gasteiger partial charge in [0.15, 0.2) is 0 Å². The van der Waals surface area contributed by atoms with Crippen molar-refractivity contribution in [2.24, 2.45) is 11.3 Å². The van der Waals surface area contributed by atoms with Crippen LogP contribution in [0.25, 0.3) is 0 Å². The summed E-state index contributed by atoms with van der Waals surface area (Å²) in [5, 5.41) is 13.4. The van der Waals surface area contributed by atoms with Gasteiger partial charge < -0.3 is 15.3 Å². The van der Waals surface area contributed by atoms with Gasteiger partial charge in [-0.25, -0.2) is 0 Å². The first-order valence-corrected chi connectivity index (χ1v) is 12.1. The SMILES string of the molecule is O=C(NCc1ccccc1)C1=CCC23CCN(CC4CC4)CC2(C1)Cc1ccc(O)cc13. The van der Waals surface area contributed by atoms with E-state index in [-0.39, 0.29) is 16.7 Å². The highest BCUT2D eigenvalue weighted by molar-refractivity contribution is 5.94. The van der Waals surface area contributed by atoms with Gasteiger partial charge in [0.25, 0.3) is 0 Å². The molecule has 166 valence electrons. The molecule has 0 spiro atoms. The molecule has 1 aliphatic heterocycles. The second kappa shape index (κ2) is 7.48. The minimum atomic E-state index is 0.0460. The lowest BCUT2D eigenvalue weighted by Crippen LogP contribution is -2.58. The molecule has 32 heavy (non-hydrogen) atoms. The summed E-state index contributed by atoms with van der Waals surface area (Å²) in [7, 11) is 0. The number of likely N-dealkylation sites (tertiary alicyclic amines) is 1. The minimum absolute atomic E-state index is 0.0460. The second-order valence-electron chi connectivity index (χ2n) is 10.6. The smallest absolute Gasteiger partial charge is 0.247 e. The first-order valence-electron chi connectivity index (χ1n) is 12.1. The van der Waals surface area contributed by atoms with Gasteiger partial charge in [0.2, 0.25) is 5.91 Å². The van der Waals surface area contributed by atoms with Crippen LogP contribution in [0, 0.1) is 11.3 Å². The molecule has 2 atom stereocenters. The topological polar surface area (TPSA) is 52.6 Å². The Morgan fingerprint density at radius 2 is 1.97 bits per heavy atom. The zero-order valence-corrected chi connectivity index (χ0v) is 18.6. The molecule has 2 N–H and O–H groups in total. The van der Waals surface area contributed by atoms with Gasteiger partial charge in [0.1, 0.15) is 5.75 Å². The summed E-state index contributed by atoms with van der Waals surface area (Å²) in [6, 6.07) is 16.1. The fourth-order valence-electron chi connectivity index (χ4n) is 6.78. The van der Waals surface area contributed by atoms with Crippen LogP contribution in [0.1, 0.15) is 48.8 Å². The number of nitrogens with zero attached hydrogens (tertiary/aromatic N) is 1. The molecule has 6 rings (SSSR count). The maximum absolute atomic E-state index is 13.2. The fourth-order valence-corrected chi connectivity index (χ4v) is 6.78. The quantitative estimate of drug-likeness (QED) is 0.746. The van der Waals surface area contributed by atoms with Crippen LogP contribution in [0.5, 0.6) is 5.75 Å². The van der Waals surface area contributed by atoms with Crippen molar-refractivity contribution in [1.29, 1.82) is 0 Å². The van der Waals surface area contributed by atoms with Gasteiger partial charge in [-0.2, -0.15) is 0 Å². The summed E-state index contributed by atoms with van der Waals surface area (Å²) in [6.45, 7) is 3.95. The predicted octanol–water partition coefficient (Wildman–Crippen LogP) is 4.32. The van der Waals surface area contributed by atoms with Crippen molar-refractivity contribution in [3.05, 3.63) is 76.9 Å². The Bertz CT molecular complexity index is 1070. The zero-order chi connectivity index (χ0) is 21.8. The third kappa shape index (κ3) is 3.27. The van der Waals surface area contributed by atoms with Crippen LogP contribution in [0.3, 0.4) is 0 Å². The number of aromatic hydroxyl groups is 1. The molecule has 0 bridgehead atoms. The van der Waals surface area contributed by atoms with Gasteiger partial charge in [-0.05, 0) is 79.8 Å². The molecule has 4 aliphatic rings. The molecule has 3 aliphatic carbocycles. The third-order valence-electron chi connectivity index (χ3n) is 8.56. The van der Waals surface area contributed by atoms with Crippen LogP contribution >= 0.6 is 0 Å². The fraction of sp³-hybridized carbons (Fsp3) is 0.464. The molecule has 2 unspecified atom stereocenters. The number of phenols is 1. The Labute approximate surface area is 190 Å². The van der Waals surface area contributed by atoms with Crippen molar-refractivity contribution in [3.63, 3.8) is 0 Å². The van der Waals surface area contributed by atoms with E-state index in [9.17, 15) is 9.90 Å². The van der Waals surface area contributed by atoms with Crippen LogP contribution < -0.4 is 5.32 Å². The molecule has 1 heterocycles. The number of fused-ring (bicyclic) bond motifs is 1. The molecule has 0 radical (unpaired) electrons. The molecule has 1 saturated carbocycles. The second-order valence-corrected chi connectivity index (χ2v) is 10.6. The molecular weight excluding hydrogens is 396 g/mol. The van der Waals surface area contributed by atoms with Gasteiger partial charge in [-0.15, -0.1) is 0 Å². The Hall–Kier alpha value is -2.59. The van der Waals surface area contributed by atoms with Crippen molar-refractivity contribution in [1.82, 2.24) is 10.2 Å². The molecule has 1 saturated heterocycles. The monoisotopic (exact) mass is 428 g/mol. The number of phenolic OH excluding ortho intramolecular Hbond substituents is 1. The number of carbonyl (C=O) groups is 1. The average Bonchev–Trinajstić information content (AvgIpc) is 3.57. The number of benzene rings is 2. The van der Waals surface area contributed by atoms with Crippen LogP contribution in [0.4, 0.5) is 0 Å². The largest absolute Gasteiger partial charge is 0.508 e. The first-order chi connectivity index (χ1) is 15.6. The molecule has 0 aromatic heterocycles. The summed E-state index contributed by atoms with van der Waals surface area (Å²) in [5.41, 5.74) is 4.87. The highest BCUT2D eigenvalue weighted by Crippen LogP contribution is 2.63. The molecule has 1 amide bonds. The van der Waals surface area contributed by atoms with E-state index < -0.39 is 0 Å². The highest BCUT2D eigenvalue weighted by atomic mass is 16.3. The number of rotatable bonds is 5. The van der Waals surface area contributed by atoms with Crippen LogP contribution in [0.2, 0.25) is 0 Å². The van der Waals surface area contributed by atoms with Gasteiger partial charge in [0.05, 0.1) is 0 Å².